The van der Waals surface area contributed by atoms with Gasteiger partial charge in [-0.3, -0.25) is 14.4 Å². The van der Waals surface area contributed by atoms with Crippen LogP contribution in [0, 0.1) is 0 Å². The lowest BCUT2D eigenvalue weighted by Gasteiger charge is -2.31. The number of hydrogen-bond acceptors (Lipinski definition) is 3. The van der Waals surface area contributed by atoms with Crippen LogP contribution in [0.4, 0.5) is 0 Å². The van der Waals surface area contributed by atoms with Gasteiger partial charge in [-0.05, 0) is 12.0 Å². The highest BCUT2D eigenvalue weighted by molar-refractivity contribution is 5.81. The molecule has 0 unspecified atom stereocenters. The first-order valence-electron chi connectivity index (χ1n) is 8.86. The predicted molar refractivity (Wildman–Crippen MR) is 95.6 cm³/mol. The van der Waals surface area contributed by atoms with Crippen LogP contribution in [-0.4, -0.2) is 53.2 Å². The minimum Gasteiger partial charge on any atom is -0.356 e. The van der Waals surface area contributed by atoms with Gasteiger partial charge in [0.25, 0.3) is 0 Å². The molecule has 2 rings (SSSR count). The molecular weight excluding hydrogens is 318 g/mol. The molecule has 0 radical (unpaired) electrons. The molecular formula is C19H27N3O3. The Bertz CT molecular complexity index is 603. The Hall–Kier alpha value is -2.37. The van der Waals surface area contributed by atoms with E-state index in [1.165, 1.54) is 6.92 Å². The molecule has 6 nitrogen and oxygen atoms in total. The van der Waals surface area contributed by atoms with Crippen molar-refractivity contribution >= 4 is 17.7 Å². The topological polar surface area (TPSA) is 69.7 Å². The number of benzene rings is 1. The van der Waals surface area contributed by atoms with E-state index in [2.05, 4.69) is 5.32 Å². The molecule has 0 spiro atoms. The summed E-state index contributed by atoms with van der Waals surface area (Å²) in [7, 11) is 0. The summed E-state index contributed by atoms with van der Waals surface area (Å²) >= 11 is 0. The fraction of sp³-hybridized carbons (Fsp3) is 0.526. The third kappa shape index (κ3) is 5.59. The maximum absolute atomic E-state index is 12.6. The molecule has 1 aromatic carbocycles. The number of amides is 3. The zero-order valence-electron chi connectivity index (χ0n) is 15.0. The summed E-state index contributed by atoms with van der Waals surface area (Å²) in [4.78, 5) is 39.6. The smallest absolute Gasteiger partial charge is 0.224 e. The molecule has 25 heavy (non-hydrogen) atoms. The van der Waals surface area contributed by atoms with Gasteiger partial charge in [-0.25, -0.2) is 0 Å². The molecule has 3 amide bonds. The van der Waals surface area contributed by atoms with Crippen molar-refractivity contribution in [1.82, 2.24) is 15.1 Å². The van der Waals surface area contributed by atoms with E-state index in [4.69, 9.17) is 0 Å². The summed E-state index contributed by atoms with van der Waals surface area (Å²) in [6, 6.07) is 9.94. The Morgan fingerprint density at radius 2 is 1.96 bits per heavy atom. The van der Waals surface area contributed by atoms with E-state index in [1.807, 2.05) is 42.2 Å². The van der Waals surface area contributed by atoms with Crippen LogP contribution in [0.1, 0.15) is 38.7 Å². The van der Waals surface area contributed by atoms with Crippen LogP contribution < -0.4 is 5.32 Å². The van der Waals surface area contributed by atoms with Gasteiger partial charge in [-0.1, -0.05) is 37.3 Å². The minimum atomic E-state index is -0.140. The van der Waals surface area contributed by atoms with Crippen LogP contribution in [0.25, 0.3) is 0 Å². The normalized spacial score (nSPS) is 18.0. The highest BCUT2D eigenvalue weighted by Crippen LogP contribution is 2.18. The molecule has 1 heterocycles. The SMILES string of the molecule is CC[C@H]1CN(C(=O)CCNC(C)=O)CCC(=O)N1Cc1ccccc1. The van der Waals surface area contributed by atoms with E-state index in [-0.39, 0.29) is 30.2 Å². The van der Waals surface area contributed by atoms with Gasteiger partial charge >= 0.3 is 0 Å². The predicted octanol–water partition coefficient (Wildman–Crippen LogP) is 1.55. The van der Waals surface area contributed by atoms with Crippen molar-refractivity contribution in [2.45, 2.75) is 45.7 Å². The van der Waals surface area contributed by atoms with E-state index in [9.17, 15) is 14.4 Å². The van der Waals surface area contributed by atoms with E-state index >= 15 is 0 Å². The van der Waals surface area contributed by atoms with Gasteiger partial charge in [0.05, 0.1) is 0 Å². The number of hydrogen-bond donors (Lipinski definition) is 1. The van der Waals surface area contributed by atoms with Crippen LogP contribution in [0.3, 0.4) is 0 Å². The van der Waals surface area contributed by atoms with Crippen LogP contribution in [0.2, 0.25) is 0 Å². The molecule has 1 aliphatic heterocycles. The Labute approximate surface area is 149 Å². The fourth-order valence-corrected chi connectivity index (χ4v) is 3.10. The lowest BCUT2D eigenvalue weighted by Crippen LogP contribution is -2.44. The van der Waals surface area contributed by atoms with E-state index in [0.29, 0.717) is 32.6 Å². The quantitative estimate of drug-likeness (QED) is 0.850. The first-order chi connectivity index (χ1) is 12.0. The molecule has 0 saturated carbocycles. The Morgan fingerprint density at radius 1 is 1.24 bits per heavy atom. The van der Waals surface area contributed by atoms with Crippen molar-refractivity contribution in [3.63, 3.8) is 0 Å². The highest BCUT2D eigenvalue weighted by atomic mass is 16.2. The second-order valence-electron chi connectivity index (χ2n) is 6.39. The van der Waals surface area contributed by atoms with Gasteiger partial charge < -0.3 is 15.1 Å². The molecule has 1 aliphatic rings. The standard InChI is InChI=1S/C19H27N3O3/c1-3-17-14-21(18(24)9-11-20-15(2)23)12-10-19(25)22(17)13-16-7-5-4-6-8-16/h4-8,17H,3,9-14H2,1-2H3,(H,20,23)/t17-/m0/s1. The number of carbonyl (C=O) groups is 3. The second-order valence-corrected chi connectivity index (χ2v) is 6.39. The van der Waals surface area contributed by atoms with Crippen LogP contribution in [-0.2, 0) is 20.9 Å². The van der Waals surface area contributed by atoms with E-state index < -0.39 is 0 Å². The molecule has 6 heteroatoms. The number of nitrogens with one attached hydrogen (secondary N) is 1. The second kappa shape index (κ2) is 9.20. The van der Waals surface area contributed by atoms with Crippen molar-refractivity contribution in [3.8, 4) is 0 Å². The zero-order valence-corrected chi connectivity index (χ0v) is 15.0. The Morgan fingerprint density at radius 3 is 2.60 bits per heavy atom. The lowest BCUT2D eigenvalue weighted by molar-refractivity contribution is -0.133. The minimum absolute atomic E-state index is 0.0124. The molecule has 1 saturated heterocycles. The number of rotatable bonds is 6. The number of carbonyl (C=O) groups excluding carboxylic acids is 3. The zero-order chi connectivity index (χ0) is 18.2. The van der Waals surface area contributed by atoms with Crippen molar-refractivity contribution in [2.24, 2.45) is 0 Å². The summed E-state index contributed by atoms with van der Waals surface area (Å²) in [6.45, 7) is 5.38. The first-order valence-corrected chi connectivity index (χ1v) is 8.86. The van der Waals surface area contributed by atoms with E-state index in [0.717, 1.165) is 12.0 Å². The number of nitrogens with zero attached hydrogens (tertiary/aromatic N) is 2. The molecule has 136 valence electrons. The van der Waals surface area contributed by atoms with Gasteiger partial charge in [0.15, 0.2) is 0 Å². The molecule has 1 aromatic rings. The Kier molecular flexibility index (Phi) is 6.98. The third-order valence-electron chi connectivity index (χ3n) is 4.52. The average molecular weight is 345 g/mol. The molecule has 0 aromatic heterocycles. The van der Waals surface area contributed by atoms with Gasteiger partial charge in [-0.15, -0.1) is 0 Å². The Balaban J connectivity index is 2.01. The van der Waals surface area contributed by atoms with Crippen LogP contribution in [0.5, 0.6) is 0 Å². The van der Waals surface area contributed by atoms with Gasteiger partial charge in [-0.2, -0.15) is 0 Å². The molecule has 1 fully saturated rings. The monoisotopic (exact) mass is 345 g/mol. The van der Waals surface area contributed by atoms with Crippen molar-refractivity contribution in [3.05, 3.63) is 35.9 Å². The van der Waals surface area contributed by atoms with Gasteiger partial charge in [0.1, 0.15) is 0 Å². The highest BCUT2D eigenvalue weighted by Gasteiger charge is 2.30. The van der Waals surface area contributed by atoms with Crippen molar-refractivity contribution in [1.29, 1.82) is 0 Å². The van der Waals surface area contributed by atoms with Gasteiger partial charge in [0, 0.05) is 52.0 Å². The first kappa shape index (κ1) is 19.0. The maximum atomic E-state index is 12.6. The maximum Gasteiger partial charge on any atom is 0.224 e. The fourth-order valence-electron chi connectivity index (χ4n) is 3.10. The van der Waals surface area contributed by atoms with Crippen molar-refractivity contribution in [2.75, 3.05) is 19.6 Å². The summed E-state index contributed by atoms with van der Waals surface area (Å²) in [5, 5.41) is 2.64. The lowest BCUT2D eigenvalue weighted by atomic mass is 10.1. The van der Waals surface area contributed by atoms with Crippen LogP contribution in [0.15, 0.2) is 30.3 Å². The average Bonchev–Trinajstić information content (AvgIpc) is 2.75. The van der Waals surface area contributed by atoms with Crippen molar-refractivity contribution < 1.29 is 14.4 Å². The summed E-state index contributed by atoms with van der Waals surface area (Å²) < 4.78 is 0. The molecule has 0 aliphatic carbocycles. The molecule has 1 N–H and O–H groups in total. The van der Waals surface area contributed by atoms with E-state index in [1.54, 1.807) is 4.90 Å². The largest absolute Gasteiger partial charge is 0.356 e. The summed E-state index contributed by atoms with van der Waals surface area (Å²) in [5.41, 5.74) is 1.10. The summed E-state index contributed by atoms with van der Waals surface area (Å²) in [6.07, 6.45) is 1.41. The third-order valence-corrected chi connectivity index (χ3v) is 4.52. The van der Waals surface area contributed by atoms with Gasteiger partial charge in [0.2, 0.25) is 17.7 Å². The molecule has 0 bridgehead atoms. The molecule has 1 atom stereocenters. The van der Waals surface area contributed by atoms with Crippen LogP contribution >= 0.6 is 0 Å². The summed E-state index contributed by atoms with van der Waals surface area (Å²) in [5.74, 6) is -0.0614.